The highest BCUT2D eigenvalue weighted by atomic mass is 16.4. The fourth-order valence-corrected chi connectivity index (χ4v) is 2.17. The summed E-state index contributed by atoms with van der Waals surface area (Å²) in [5.41, 5.74) is 0.459. The highest BCUT2D eigenvalue weighted by molar-refractivity contribution is 5.96. The van der Waals surface area contributed by atoms with E-state index in [0.29, 0.717) is 18.7 Å². The minimum absolute atomic E-state index is 0.211. The Balaban J connectivity index is 1.92. The number of nitrogens with zero attached hydrogens (tertiary/aromatic N) is 1. The molecule has 0 saturated carbocycles. The van der Waals surface area contributed by atoms with E-state index >= 15 is 0 Å². The molecule has 1 aliphatic heterocycles. The molecule has 3 N–H and O–H groups in total. The summed E-state index contributed by atoms with van der Waals surface area (Å²) in [7, 11) is 0. The molecule has 2 rings (SSSR count). The molecule has 1 heterocycles. The van der Waals surface area contributed by atoms with E-state index in [1.165, 1.54) is 4.90 Å². The Kier molecular flexibility index (Phi) is 4.89. The molecule has 1 aliphatic rings. The summed E-state index contributed by atoms with van der Waals surface area (Å²) >= 11 is 0. The molecular weight excluding hydrogens is 274 g/mol. The Morgan fingerprint density at radius 1 is 1.29 bits per heavy atom. The minimum atomic E-state index is -1.05. The van der Waals surface area contributed by atoms with Crippen LogP contribution < -0.4 is 10.6 Å². The molecule has 1 aromatic carbocycles. The summed E-state index contributed by atoms with van der Waals surface area (Å²) in [5, 5.41) is 14.5. The first-order valence-electron chi connectivity index (χ1n) is 6.66. The number of nitrogens with one attached hydrogen (secondary N) is 2. The summed E-state index contributed by atoms with van der Waals surface area (Å²) in [4.78, 5) is 36.3. The van der Waals surface area contributed by atoms with Crippen molar-refractivity contribution in [3.63, 3.8) is 0 Å². The van der Waals surface area contributed by atoms with Crippen LogP contribution in [0.15, 0.2) is 30.3 Å². The lowest BCUT2D eigenvalue weighted by Gasteiger charge is -2.33. The summed E-state index contributed by atoms with van der Waals surface area (Å²) in [6.07, 6.45) is 0. The van der Waals surface area contributed by atoms with E-state index in [9.17, 15) is 14.4 Å². The molecule has 1 fully saturated rings. The number of amides is 2. The zero-order chi connectivity index (χ0) is 15.2. The van der Waals surface area contributed by atoms with Gasteiger partial charge in [0.15, 0.2) is 0 Å². The molecule has 21 heavy (non-hydrogen) atoms. The molecule has 2 amide bonds. The van der Waals surface area contributed by atoms with E-state index in [1.807, 2.05) is 0 Å². The van der Waals surface area contributed by atoms with Crippen molar-refractivity contribution in [1.82, 2.24) is 15.5 Å². The van der Waals surface area contributed by atoms with Crippen LogP contribution in [0.5, 0.6) is 0 Å². The van der Waals surface area contributed by atoms with Gasteiger partial charge in [-0.2, -0.15) is 0 Å². The van der Waals surface area contributed by atoms with E-state index in [2.05, 4.69) is 10.6 Å². The average Bonchev–Trinajstić information content (AvgIpc) is 2.53. The van der Waals surface area contributed by atoms with Crippen LogP contribution >= 0.6 is 0 Å². The summed E-state index contributed by atoms with van der Waals surface area (Å²) in [6.45, 7) is 0.865. The maximum atomic E-state index is 12.1. The van der Waals surface area contributed by atoms with Gasteiger partial charge in [0.1, 0.15) is 6.04 Å². The van der Waals surface area contributed by atoms with Crippen molar-refractivity contribution in [2.75, 3.05) is 26.2 Å². The topological polar surface area (TPSA) is 98.7 Å². The molecule has 0 spiro atoms. The van der Waals surface area contributed by atoms with E-state index in [4.69, 9.17) is 5.11 Å². The van der Waals surface area contributed by atoms with Crippen molar-refractivity contribution in [1.29, 1.82) is 0 Å². The zero-order valence-electron chi connectivity index (χ0n) is 11.4. The Morgan fingerprint density at radius 2 is 2.00 bits per heavy atom. The highest BCUT2D eigenvalue weighted by Gasteiger charge is 2.31. The first-order valence-corrected chi connectivity index (χ1v) is 6.66. The number of benzene rings is 1. The summed E-state index contributed by atoms with van der Waals surface area (Å²) < 4.78 is 0. The Labute approximate surface area is 121 Å². The predicted molar refractivity (Wildman–Crippen MR) is 74.8 cm³/mol. The SMILES string of the molecule is O=C(NCC(=O)N1CCNCC1C(=O)O)c1ccccc1. The van der Waals surface area contributed by atoms with Gasteiger partial charge in [-0.3, -0.25) is 9.59 Å². The lowest BCUT2D eigenvalue weighted by atomic mass is 10.2. The van der Waals surface area contributed by atoms with E-state index in [-0.39, 0.29) is 19.0 Å². The second kappa shape index (κ2) is 6.85. The van der Waals surface area contributed by atoms with Crippen molar-refractivity contribution in [3.8, 4) is 0 Å². The van der Waals surface area contributed by atoms with Crippen LogP contribution in [0.3, 0.4) is 0 Å². The fraction of sp³-hybridized carbons (Fsp3) is 0.357. The second-order valence-corrected chi connectivity index (χ2v) is 4.69. The van der Waals surface area contributed by atoms with Crippen LogP contribution in [0.2, 0.25) is 0 Å². The normalized spacial score (nSPS) is 18.1. The monoisotopic (exact) mass is 291 g/mol. The van der Waals surface area contributed by atoms with Crippen LogP contribution in [-0.4, -0.2) is 60.0 Å². The van der Waals surface area contributed by atoms with Gasteiger partial charge < -0.3 is 20.6 Å². The van der Waals surface area contributed by atoms with Gasteiger partial charge in [-0.15, -0.1) is 0 Å². The average molecular weight is 291 g/mol. The molecule has 0 bridgehead atoms. The molecule has 0 radical (unpaired) electrons. The third-order valence-corrected chi connectivity index (χ3v) is 3.28. The fourth-order valence-electron chi connectivity index (χ4n) is 2.17. The Morgan fingerprint density at radius 3 is 2.67 bits per heavy atom. The Hall–Kier alpha value is -2.41. The van der Waals surface area contributed by atoms with E-state index in [0.717, 1.165) is 0 Å². The van der Waals surface area contributed by atoms with Crippen LogP contribution in [0.4, 0.5) is 0 Å². The van der Waals surface area contributed by atoms with E-state index in [1.54, 1.807) is 30.3 Å². The molecule has 1 unspecified atom stereocenters. The van der Waals surface area contributed by atoms with Crippen molar-refractivity contribution >= 4 is 17.8 Å². The maximum Gasteiger partial charge on any atom is 0.327 e. The van der Waals surface area contributed by atoms with Gasteiger partial charge in [-0.05, 0) is 12.1 Å². The van der Waals surface area contributed by atoms with Gasteiger partial charge in [0.05, 0.1) is 6.54 Å². The molecule has 0 aliphatic carbocycles. The van der Waals surface area contributed by atoms with Crippen LogP contribution in [0.1, 0.15) is 10.4 Å². The molecular formula is C14H17N3O4. The van der Waals surface area contributed by atoms with Gasteiger partial charge in [0, 0.05) is 25.2 Å². The summed E-state index contributed by atoms with van der Waals surface area (Å²) in [6, 6.07) is 7.65. The van der Waals surface area contributed by atoms with Gasteiger partial charge in [-0.25, -0.2) is 4.79 Å². The maximum absolute atomic E-state index is 12.1. The first kappa shape index (κ1) is 15.0. The van der Waals surface area contributed by atoms with Crippen molar-refractivity contribution < 1.29 is 19.5 Å². The van der Waals surface area contributed by atoms with Gasteiger partial charge >= 0.3 is 5.97 Å². The number of rotatable bonds is 4. The Bertz CT molecular complexity index is 532. The molecule has 112 valence electrons. The number of piperazine rings is 1. The van der Waals surface area contributed by atoms with Crippen molar-refractivity contribution in [3.05, 3.63) is 35.9 Å². The predicted octanol–water partition coefficient (Wildman–Crippen LogP) is -0.699. The molecule has 1 atom stereocenters. The number of hydrogen-bond acceptors (Lipinski definition) is 4. The van der Waals surface area contributed by atoms with Crippen LogP contribution in [-0.2, 0) is 9.59 Å². The third kappa shape index (κ3) is 3.79. The minimum Gasteiger partial charge on any atom is -0.480 e. The van der Waals surface area contributed by atoms with Gasteiger partial charge in [0.25, 0.3) is 5.91 Å². The molecule has 1 aromatic rings. The van der Waals surface area contributed by atoms with Crippen molar-refractivity contribution in [2.24, 2.45) is 0 Å². The van der Waals surface area contributed by atoms with Gasteiger partial charge in [-0.1, -0.05) is 18.2 Å². The second-order valence-electron chi connectivity index (χ2n) is 4.69. The number of carbonyl (C=O) groups is 3. The lowest BCUT2D eigenvalue weighted by molar-refractivity contribution is -0.150. The first-order chi connectivity index (χ1) is 10.1. The number of hydrogen-bond donors (Lipinski definition) is 3. The number of carboxylic acids is 1. The quantitative estimate of drug-likeness (QED) is 0.681. The molecule has 7 nitrogen and oxygen atoms in total. The largest absolute Gasteiger partial charge is 0.480 e. The lowest BCUT2D eigenvalue weighted by Crippen LogP contribution is -2.58. The smallest absolute Gasteiger partial charge is 0.327 e. The van der Waals surface area contributed by atoms with Crippen LogP contribution in [0, 0.1) is 0 Å². The molecule has 1 saturated heterocycles. The standard InChI is InChI=1S/C14H17N3O4/c18-12(17-7-6-15-8-11(17)14(20)21)9-16-13(19)10-4-2-1-3-5-10/h1-5,11,15H,6-9H2,(H,16,19)(H,20,21). The zero-order valence-corrected chi connectivity index (χ0v) is 11.4. The number of carbonyl (C=O) groups excluding carboxylic acids is 2. The van der Waals surface area contributed by atoms with Gasteiger partial charge in [0.2, 0.25) is 5.91 Å². The number of carboxylic acid groups (broad SMARTS) is 1. The molecule has 7 heteroatoms. The third-order valence-electron chi connectivity index (χ3n) is 3.28. The van der Waals surface area contributed by atoms with E-state index < -0.39 is 17.9 Å². The van der Waals surface area contributed by atoms with Crippen LogP contribution in [0.25, 0.3) is 0 Å². The van der Waals surface area contributed by atoms with Crippen molar-refractivity contribution in [2.45, 2.75) is 6.04 Å². The molecule has 0 aromatic heterocycles. The summed E-state index contributed by atoms with van der Waals surface area (Å²) in [5.74, 6) is -1.80. The number of aliphatic carboxylic acids is 1. The highest BCUT2D eigenvalue weighted by Crippen LogP contribution is 2.04.